The smallest absolute Gasteiger partial charge is 0.123 e. The molecule has 0 bridgehead atoms. The highest BCUT2D eigenvalue weighted by atomic mass is 16.5. The first kappa shape index (κ1) is 35.0. The molecule has 0 saturated heterocycles. The minimum absolute atomic E-state index is 0.792. The van der Waals surface area contributed by atoms with Crippen molar-refractivity contribution >= 4 is 0 Å². The van der Waals surface area contributed by atoms with Gasteiger partial charge in [-0.05, 0) is 72.4 Å². The van der Waals surface area contributed by atoms with E-state index in [2.05, 4.69) is 80.3 Å². The van der Waals surface area contributed by atoms with E-state index in [0.717, 1.165) is 42.1 Å². The Bertz CT molecular complexity index is 1150. The van der Waals surface area contributed by atoms with E-state index in [9.17, 15) is 0 Å². The lowest BCUT2D eigenvalue weighted by Gasteiger charge is -2.12. The van der Waals surface area contributed by atoms with Gasteiger partial charge in [0.15, 0.2) is 0 Å². The van der Waals surface area contributed by atoms with Crippen LogP contribution in [-0.2, 0) is 6.42 Å². The Labute approximate surface area is 258 Å². The Morgan fingerprint density at radius 3 is 1.64 bits per heavy atom. The maximum Gasteiger partial charge on any atom is 0.123 e. The van der Waals surface area contributed by atoms with Crippen molar-refractivity contribution in [1.82, 2.24) is 0 Å². The summed E-state index contributed by atoms with van der Waals surface area (Å²) in [5.41, 5.74) is 5.70. The largest absolute Gasteiger partial charge is 0.497 e. The van der Waals surface area contributed by atoms with Gasteiger partial charge in [-0.1, -0.05) is 140 Å². The molecule has 0 saturated carbocycles. The summed E-state index contributed by atoms with van der Waals surface area (Å²) in [6, 6.07) is 23.2. The Hall–Kier alpha value is -3.18. The van der Waals surface area contributed by atoms with Crippen molar-refractivity contribution in [2.45, 2.75) is 118 Å². The summed E-state index contributed by atoms with van der Waals surface area (Å²) in [5.74, 6) is 8.63. The molecule has 0 radical (unpaired) electrons. The number of ether oxygens (including phenoxy) is 2. The Balaban J connectivity index is 0.00000301. The lowest BCUT2D eigenvalue weighted by atomic mass is 10.0. The average molecular weight is 569 g/mol. The van der Waals surface area contributed by atoms with Crippen molar-refractivity contribution in [3.8, 4) is 34.5 Å². The average Bonchev–Trinajstić information content (AvgIpc) is 3.05. The van der Waals surface area contributed by atoms with Gasteiger partial charge in [-0.25, -0.2) is 0 Å². The van der Waals surface area contributed by atoms with Crippen LogP contribution in [0.3, 0.4) is 0 Å². The molecule has 0 atom stereocenters. The molecule has 3 aromatic rings. The minimum atomic E-state index is 0.792. The minimum Gasteiger partial charge on any atom is -0.497 e. The lowest BCUT2D eigenvalue weighted by Crippen LogP contribution is -2.01. The molecule has 0 unspecified atom stereocenters. The quantitative estimate of drug-likeness (QED) is 0.112. The maximum atomic E-state index is 6.35. The van der Waals surface area contributed by atoms with E-state index in [4.69, 9.17) is 9.47 Å². The zero-order valence-corrected chi connectivity index (χ0v) is 27.3. The van der Waals surface area contributed by atoms with Gasteiger partial charge in [0.1, 0.15) is 11.5 Å². The number of benzene rings is 3. The van der Waals surface area contributed by atoms with Gasteiger partial charge in [0, 0.05) is 11.1 Å². The van der Waals surface area contributed by atoms with E-state index in [1.807, 2.05) is 26.0 Å². The van der Waals surface area contributed by atoms with Gasteiger partial charge in [0.05, 0.1) is 13.7 Å². The van der Waals surface area contributed by atoms with Crippen molar-refractivity contribution in [3.63, 3.8) is 0 Å². The van der Waals surface area contributed by atoms with E-state index in [0.29, 0.717) is 0 Å². The number of rotatable bonds is 18. The highest BCUT2D eigenvalue weighted by Gasteiger charge is 2.06. The van der Waals surface area contributed by atoms with Crippen LogP contribution in [0.5, 0.6) is 11.5 Å². The third kappa shape index (κ3) is 13.7. The molecule has 42 heavy (non-hydrogen) atoms. The molecule has 0 aliphatic carbocycles. The summed E-state index contributed by atoms with van der Waals surface area (Å²) < 4.78 is 11.6. The van der Waals surface area contributed by atoms with Gasteiger partial charge >= 0.3 is 0 Å². The standard InChI is InChI=1S/C38H50O2.C2H6/c1-4-6-8-10-12-13-15-17-36-25-22-33(31-38(36)40-30-16-14-11-9-7-5-2)19-18-32-20-23-34(24-21-32)35-26-28-37(39-3)29-27-35;1-2/h20-29,31H,4-17,30H2,1-3H3;1-2H3. The second-order valence-electron chi connectivity index (χ2n) is 10.9. The second kappa shape index (κ2) is 22.4. The molecular formula is C40H56O2. The number of hydrogen-bond acceptors (Lipinski definition) is 2. The first-order valence-electron chi connectivity index (χ1n) is 16.8. The Morgan fingerprint density at radius 2 is 1.05 bits per heavy atom. The van der Waals surface area contributed by atoms with Gasteiger partial charge in [-0.2, -0.15) is 0 Å². The van der Waals surface area contributed by atoms with E-state index in [1.165, 1.54) is 93.7 Å². The zero-order valence-electron chi connectivity index (χ0n) is 27.3. The first-order valence-corrected chi connectivity index (χ1v) is 16.8. The van der Waals surface area contributed by atoms with Gasteiger partial charge in [0.25, 0.3) is 0 Å². The highest BCUT2D eigenvalue weighted by Crippen LogP contribution is 2.25. The maximum absolute atomic E-state index is 6.35. The summed E-state index contributed by atoms with van der Waals surface area (Å²) in [5, 5.41) is 0. The van der Waals surface area contributed by atoms with Gasteiger partial charge in [0.2, 0.25) is 0 Å². The predicted molar refractivity (Wildman–Crippen MR) is 183 cm³/mol. The molecule has 0 aromatic heterocycles. The predicted octanol–water partition coefficient (Wildman–Crippen LogP) is 11.8. The number of methoxy groups -OCH3 is 1. The molecule has 3 aromatic carbocycles. The third-order valence-electron chi connectivity index (χ3n) is 7.53. The molecule has 0 spiro atoms. The van der Waals surface area contributed by atoms with E-state index < -0.39 is 0 Å². The van der Waals surface area contributed by atoms with Crippen molar-refractivity contribution in [1.29, 1.82) is 0 Å². The molecule has 0 fully saturated rings. The molecular weight excluding hydrogens is 512 g/mol. The van der Waals surface area contributed by atoms with Crippen molar-refractivity contribution in [2.24, 2.45) is 0 Å². The van der Waals surface area contributed by atoms with Crippen LogP contribution in [0.4, 0.5) is 0 Å². The summed E-state index contributed by atoms with van der Waals surface area (Å²) >= 11 is 0. The van der Waals surface area contributed by atoms with Crippen LogP contribution >= 0.6 is 0 Å². The second-order valence-corrected chi connectivity index (χ2v) is 10.9. The summed E-state index contributed by atoms with van der Waals surface area (Å²) in [6.07, 6.45) is 18.0. The van der Waals surface area contributed by atoms with Crippen LogP contribution in [-0.4, -0.2) is 13.7 Å². The van der Waals surface area contributed by atoms with Crippen LogP contribution in [0.15, 0.2) is 66.7 Å². The third-order valence-corrected chi connectivity index (χ3v) is 7.53. The Kier molecular flexibility index (Phi) is 18.7. The van der Waals surface area contributed by atoms with E-state index in [1.54, 1.807) is 7.11 Å². The molecule has 0 heterocycles. The van der Waals surface area contributed by atoms with E-state index in [-0.39, 0.29) is 0 Å². The van der Waals surface area contributed by atoms with Gasteiger partial charge in [-0.3, -0.25) is 0 Å². The van der Waals surface area contributed by atoms with Gasteiger partial charge < -0.3 is 9.47 Å². The van der Waals surface area contributed by atoms with Crippen LogP contribution < -0.4 is 9.47 Å². The monoisotopic (exact) mass is 568 g/mol. The van der Waals surface area contributed by atoms with E-state index >= 15 is 0 Å². The normalized spacial score (nSPS) is 10.3. The first-order chi connectivity index (χ1) is 20.7. The highest BCUT2D eigenvalue weighted by molar-refractivity contribution is 5.65. The lowest BCUT2D eigenvalue weighted by molar-refractivity contribution is 0.301. The molecule has 228 valence electrons. The molecule has 2 heteroatoms. The van der Waals surface area contributed by atoms with Crippen molar-refractivity contribution in [2.75, 3.05) is 13.7 Å². The van der Waals surface area contributed by atoms with Crippen LogP contribution in [0, 0.1) is 11.8 Å². The molecule has 2 nitrogen and oxygen atoms in total. The molecule has 3 rings (SSSR count). The van der Waals surface area contributed by atoms with Crippen LogP contribution in [0.2, 0.25) is 0 Å². The number of unbranched alkanes of at least 4 members (excludes halogenated alkanes) is 11. The molecule has 0 aliphatic heterocycles. The molecule has 0 amide bonds. The fourth-order valence-electron chi connectivity index (χ4n) is 4.98. The van der Waals surface area contributed by atoms with Crippen molar-refractivity contribution < 1.29 is 9.47 Å². The fourth-order valence-corrected chi connectivity index (χ4v) is 4.98. The molecule has 0 N–H and O–H groups in total. The van der Waals surface area contributed by atoms with Crippen molar-refractivity contribution in [3.05, 3.63) is 83.4 Å². The fraction of sp³-hybridized carbons (Fsp3) is 0.500. The Morgan fingerprint density at radius 1 is 0.548 bits per heavy atom. The SMILES string of the molecule is CC.CCCCCCCCCc1ccc(C#Cc2ccc(-c3ccc(OC)cc3)cc2)cc1OCCCCCCCC. The number of aryl methyl sites for hydroxylation is 1. The summed E-state index contributed by atoms with van der Waals surface area (Å²) in [7, 11) is 1.69. The van der Waals surface area contributed by atoms with Crippen LogP contribution in [0.1, 0.15) is 128 Å². The summed E-state index contributed by atoms with van der Waals surface area (Å²) in [6.45, 7) is 9.34. The number of hydrogen-bond donors (Lipinski definition) is 0. The molecule has 0 aliphatic rings. The topological polar surface area (TPSA) is 18.5 Å². The van der Waals surface area contributed by atoms with Crippen LogP contribution in [0.25, 0.3) is 11.1 Å². The summed E-state index contributed by atoms with van der Waals surface area (Å²) in [4.78, 5) is 0. The van der Waals surface area contributed by atoms with Gasteiger partial charge in [-0.15, -0.1) is 0 Å². The zero-order chi connectivity index (χ0) is 30.3.